The van der Waals surface area contributed by atoms with Crippen LogP contribution in [0.4, 0.5) is 10.2 Å². The largest absolute Gasteiger partial charge is 0.382 e. The van der Waals surface area contributed by atoms with Crippen LogP contribution in [0.5, 0.6) is 0 Å². The first-order valence-corrected chi connectivity index (χ1v) is 9.63. The number of aryl methyl sites for hydroxylation is 1. The fraction of sp³-hybridized carbons (Fsp3) is 0.450. The molecule has 0 spiro atoms. The van der Waals surface area contributed by atoms with E-state index < -0.39 is 0 Å². The Balaban J connectivity index is 1.59. The molecule has 28 heavy (non-hydrogen) atoms. The molecule has 2 aromatic rings. The van der Waals surface area contributed by atoms with Gasteiger partial charge in [0.2, 0.25) is 0 Å². The Morgan fingerprint density at radius 2 is 2.07 bits per heavy atom. The van der Waals surface area contributed by atoms with Crippen molar-refractivity contribution in [2.75, 3.05) is 19.3 Å². The highest BCUT2D eigenvalue weighted by Gasteiger charge is 2.17. The van der Waals surface area contributed by atoms with Gasteiger partial charge in [0.15, 0.2) is 5.96 Å². The maximum atomic E-state index is 13.1. The minimum absolute atomic E-state index is 0.274. The molecule has 0 atom stereocenters. The first-order valence-electron chi connectivity index (χ1n) is 9.63. The van der Waals surface area contributed by atoms with Gasteiger partial charge >= 0.3 is 0 Å². The standard InChI is InChI=1S/C20H26FN7/c1-24-20(26-15-5-2-3-6-15)25-12-4-7-18-17(13-22)19(23)28(27-18)16-10-8-14(21)9-11-16/h8-11,15H,2-7,12,23H2,1H3,(H2,24,25,26). The average molecular weight is 383 g/mol. The molecule has 4 N–H and O–H groups in total. The molecular formula is C20H26FN7. The number of guanidine groups is 1. The third kappa shape index (κ3) is 4.60. The highest BCUT2D eigenvalue weighted by Crippen LogP contribution is 2.21. The smallest absolute Gasteiger partial charge is 0.191 e. The van der Waals surface area contributed by atoms with Gasteiger partial charge in [-0.3, -0.25) is 4.99 Å². The summed E-state index contributed by atoms with van der Waals surface area (Å²) in [6.07, 6.45) is 6.29. The Kier molecular flexibility index (Phi) is 6.48. The van der Waals surface area contributed by atoms with Crippen molar-refractivity contribution < 1.29 is 4.39 Å². The Morgan fingerprint density at radius 1 is 1.36 bits per heavy atom. The molecule has 0 saturated heterocycles. The van der Waals surface area contributed by atoms with Gasteiger partial charge in [-0.05, 0) is 49.9 Å². The molecule has 0 aliphatic heterocycles. The van der Waals surface area contributed by atoms with Gasteiger partial charge in [-0.1, -0.05) is 12.8 Å². The Labute approximate surface area is 164 Å². The lowest BCUT2D eigenvalue weighted by Crippen LogP contribution is -2.42. The molecule has 1 aliphatic carbocycles. The molecule has 0 amide bonds. The monoisotopic (exact) mass is 383 g/mol. The molecule has 1 fully saturated rings. The maximum Gasteiger partial charge on any atom is 0.191 e. The lowest BCUT2D eigenvalue weighted by Gasteiger charge is -2.16. The lowest BCUT2D eigenvalue weighted by atomic mass is 10.1. The van der Waals surface area contributed by atoms with E-state index in [1.807, 2.05) is 0 Å². The first-order chi connectivity index (χ1) is 13.6. The fourth-order valence-electron chi connectivity index (χ4n) is 3.47. The van der Waals surface area contributed by atoms with E-state index in [2.05, 4.69) is 26.8 Å². The van der Waals surface area contributed by atoms with Crippen molar-refractivity contribution in [1.82, 2.24) is 20.4 Å². The van der Waals surface area contributed by atoms with Crippen molar-refractivity contribution in [1.29, 1.82) is 5.26 Å². The summed E-state index contributed by atoms with van der Waals surface area (Å²) in [6, 6.07) is 8.50. The van der Waals surface area contributed by atoms with Crippen molar-refractivity contribution >= 4 is 11.8 Å². The number of hydrogen-bond acceptors (Lipinski definition) is 4. The number of anilines is 1. The van der Waals surface area contributed by atoms with Crippen LogP contribution < -0.4 is 16.4 Å². The predicted octanol–water partition coefficient (Wildman–Crippen LogP) is 2.51. The summed E-state index contributed by atoms with van der Waals surface area (Å²) >= 11 is 0. The van der Waals surface area contributed by atoms with Crippen LogP contribution in [0, 0.1) is 17.1 Å². The number of hydrogen-bond donors (Lipinski definition) is 3. The third-order valence-corrected chi connectivity index (χ3v) is 4.98. The molecule has 148 valence electrons. The summed E-state index contributed by atoms with van der Waals surface area (Å²) in [6.45, 7) is 0.709. The van der Waals surface area contributed by atoms with Crippen molar-refractivity contribution in [3.05, 3.63) is 41.3 Å². The highest BCUT2D eigenvalue weighted by atomic mass is 19.1. The zero-order chi connectivity index (χ0) is 19.9. The number of halogens is 1. The number of nitrogens with two attached hydrogens (primary N) is 1. The number of nitrogens with one attached hydrogen (secondary N) is 2. The Bertz CT molecular complexity index is 858. The van der Waals surface area contributed by atoms with Crippen molar-refractivity contribution in [2.24, 2.45) is 4.99 Å². The molecule has 0 unspecified atom stereocenters. The summed E-state index contributed by atoms with van der Waals surface area (Å²) in [5.74, 6) is 0.750. The van der Waals surface area contributed by atoms with E-state index in [1.54, 1.807) is 19.2 Å². The summed E-state index contributed by atoms with van der Waals surface area (Å²) in [5.41, 5.74) is 7.73. The Morgan fingerprint density at radius 3 is 2.71 bits per heavy atom. The number of nitriles is 1. The van der Waals surface area contributed by atoms with Gasteiger partial charge in [-0.2, -0.15) is 10.4 Å². The number of aromatic nitrogens is 2. The topological polar surface area (TPSA) is 104 Å². The van der Waals surface area contributed by atoms with Gasteiger partial charge in [0.05, 0.1) is 11.4 Å². The van der Waals surface area contributed by atoms with Crippen LogP contribution in [0.15, 0.2) is 29.3 Å². The molecular weight excluding hydrogens is 357 g/mol. The number of nitrogens with zero attached hydrogens (tertiary/aromatic N) is 4. The molecule has 0 bridgehead atoms. The van der Waals surface area contributed by atoms with E-state index in [0.29, 0.717) is 36.0 Å². The van der Waals surface area contributed by atoms with Gasteiger partial charge < -0.3 is 16.4 Å². The van der Waals surface area contributed by atoms with Crippen molar-refractivity contribution in [3.63, 3.8) is 0 Å². The van der Waals surface area contributed by atoms with E-state index in [0.717, 1.165) is 12.4 Å². The van der Waals surface area contributed by atoms with E-state index in [9.17, 15) is 9.65 Å². The SMILES string of the molecule is CN=C(NCCCc1nn(-c2ccc(F)cc2)c(N)c1C#N)NC1CCCC1. The highest BCUT2D eigenvalue weighted by molar-refractivity contribution is 5.79. The number of benzene rings is 1. The molecule has 1 aromatic heterocycles. The van der Waals surface area contributed by atoms with Gasteiger partial charge in [0, 0.05) is 19.6 Å². The molecule has 0 radical (unpaired) electrons. The number of rotatable bonds is 6. The van der Waals surface area contributed by atoms with Crippen LogP contribution >= 0.6 is 0 Å². The third-order valence-electron chi connectivity index (χ3n) is 4.98. The van der Waals surface area contributed by atoms with E-state index >= 15 is 0 Å². The van der Waals surface area contributed by atoms with Gasteiger partial charge in [-0.25, -0.2) is 9.07 Å². The summed E-state index contributed by atoms with van der Waals surface area (Å²) in [7, 11) is 1.77. The van der Waals surface area contributed by atoms with Crippen LogP contribution in [-0.2, 0) is 6.42 Å². The molecule has 1 aliphatic rings. The number of aliphatic imine (C=N–C) groups is 1. The van der Waals surface area contributed by atoms with E-state index in [4.69, 9.17) is 5.73 Å². The molecule has 1 saturated carbocycles. The van der Waals surface area contributed by atoms with Gasteiger partial charge in [0.25, 0.3) is 0 Å². The lowest BCUT2D eigenvalue weighted by molar-refractivity contribution is 0.609. The second kappa shape index (κ2) is 9.22. The minimum Gasteiger partial charge on any atom is -0.382 e. The van der Waals surface area contributed by atoms with Crippen LogP contribution in [0.1, 0.15) is 43.4 Å². The zero-order valence-corrected chi connectivity index (χ0v) is 16.1. The van der Waals surface area contributed by atoms with Gasteiger partial charge in [-0.15, -0.1) is 0 Å². The summed E-state index contributed by atoms with van der Waals surface area (Å²) in [4.78, 5) is 4.27. The fourth-order valence-corrected chi connectivity index (χ4v) is 3.47. The average Bonchev–Trinajstić information content (AvgIpc) is 3.32. The van der Waals surface area contributed by atoms with Crippen molar-refractivity contribution in [2.45, 2.75) is 44.6 Å². The number of nitrogen functional groups attached to an aromatic ring is 1. The van der Waals surface area contributed by atoms with Crippen LogP contribution in [0.3, 0.4) is 0 Å². The van der Waals surface area contributed by atoms with Gasteiger partial charge in [0.1, 0.15) is 23.3 Å². The van der Waals surface area contributed by atoms with E-state index in [-0.39, 0.29) is 11.6 Å². The summed E-state index contributed by atoms with van der Waals surface area (Å²) < 4.78 is 14.6. The normalized spacial score (nSPS) is 14.8. The molecule has 3 rings (SSSR count). The second-order valence-corrected chi connectivity index (χ2v) is 6.94. The molecule has 8 heteroatoms. The van der Waals surface area contributed by atoms with Crippen LogP contribution in [0.25, 0.3) is 5.69 Å². The predicted molar refractivity (Wildman–Crippen MR) is 108 cm³/mol. The first kappa shape index (κ1) is 19.7. The van der Waals surface area contributed by atoms with Crippen LogP contribution in [0.2, 0.25) is 0 Å². The molecule has 1 aromatic carbocycles. The zero-order valence-electron chi connectivity index (χ0n) is 16.1. The second-order valence-electron chi connectivity index (χ2n) is 6.94. The summed E-state index contributed by atoms with van der Waals surface area (Å²) in [5, 5.41) is 20.7. The Hall–Kier alpha value is -3.08. The van der Waals surface area contributed by atoms with Crippen LogP contribution in [-0.4, -0.2) is 35.4 Å². The van der Waals surface area contributed by atoms with E-state index in [1.165, 1.54) is 42.5 Å². The maximum absolute atomic E-state index is 13.1. The minimum atomic E-state index is -0.333. The van der Waals surface area contributed by atoms with Crippen molar-refractivity contribution in [3.8, 4) is 11.8 Å². The molecule has 7 nitrogen and oxygen atoms in total. The molecule has 1 heterocycles. The quantitative estimate of drug-likeness (QED) is 0.404.